The molecule has 94 valence electrons. The molecule has 0 radical (unpaired) electrons. The van der Waals surface area contributed by atoms with Crippen molar-refractivity contribution in [3.05, 3.63) is 48.3 Å². The number of morpholine rings is 1. The first-order valence-corrected chi connectivity index (χ1v) is 6.32. The van der Waals surface area contributed by atoms with Crippen LogP contribution in [0.25, 0.3) is 5.69 Å². The predicted molar refractivity (Wildman–Crippen MR) is 69.9 cm³/mol. The number of ether oxygens (including phenoxy) is 1. The highest BCUT2D eigenvalue weighted by Crippen LogP contribution is 2.12. The van der Waals surface area contributed by atoms with E-state index in [9.17, 15) is 0 Å². The number of hydrogen-bond donors (Lipinski definition) is 1. The molecule has 1 aromatic carbocycles. The minimum atomic E-state index is 0.423. The third-order valence-electron chi connectivity index (χ3n) is 3.16. The third-order valence-corrected chi connectivity index (χ3v) is 3.16. The molecule has 1 saturated heterocycles. The fourth-order valence-electron chi connectivity index (χ4n) is 2.28. The van der Waals surface area contributed by atoms with Crippen LogP contribution in [0.2, 0.25) is 0 Å². The molecule has 18 heavy (non-hydrogen) atoms. The Labute approximate surface area is 107 Å². The number of aromatic nitrogens is 2. The van der Waals surface area contributed by atoms with E-state index in [1.807, 2.05) is 16.9 Å². The molecular weight excluding hydrogens is 226 g/mol. The smallest absolute Gasteiger partial charge is 0.0648 e. The average Bonchev–Trinajstić information content (AvgIpc) is 2.94. The lowest BCUT2D eigenvalue weighted by molar-refractivity contribution is 0.0770. The van der Waals surface area contributed by atoms with Crippen molar-refractivity contribution < 1.29 is 4.74 Å². The molecule has 1 aliphatic rings. The van der Waals surface area contributed by atoms with Gasteiger partial charge in [-0.25, -0.2) is 4.68 Å². The predicted octanol–water partition coefficient (Wildman–Crippen LogP) is 1.40. The summed E-state index contributed by atoms with van der Waals surface area (Å²) in [6.45, 7) is 2.57. The first kappa shape index (κ1) is 11.4. The van der Waals surface area contributed by atoms with Crippen molar-refractivity contribution in [2.75, 3.05) is 19.8 Å². The van der Waals surface area contributed by atoms with Gasteiger partial charge in [0.05, 0.1) is 18.9 Å². The number of rotatable bonds is 3. The minimum Gasteiger partial charge on any atom is -0.379 e. The first-order chi connectivity index (χ1) is 8.92. The summed E-state index contributed by atoms with van der Waals surface area (Å²) in [5.41, 5.74) is 2.42. The maximum absolute atomic E-state index is 5.48. The molecule has 1 aromatic heterocycles. The number of nitrogens with one attached hydrogen (secondary N) is 1. The molecule has 4 nitrogen and oxygen atoms in total. The summed E-state index contributed by atoms with van der Waals surface area (Å²) >= 11 is 0. The quantitative estimate of drug-likeness (QED) is 0.885. The Morgan fingerprint density at radius 3 is 3.17 bits per heavy atom. The van der Waals surface area contributed by atoms with Crippen LogP contribution in [-0.4, -0.2) is 35.6 Å². The maximum atomic E-state index is 5.48. The van der Waals surface area contributed by atoms with Crippen molar-refractivity contribution in [2.45, 2.75) is 12.5 Å². The van der Waals surface area contributed by atoms with Gasteiger partial charge in [-0.05, 0) is 30.2 Å². The molecule has 0 aliphatic carbocycles. The second-order valence-electron chi connectivity index (χ2n) is 4.55. The monoisotopic (exact) mass is 243 g/mol. The largest absolute Gasteiger partial charge is 0.379 e. The third kappa shape index (κ3) is 2.60. The van der Waals surface area contributed by atoms with Gasteiger partial charge in [-0.3, -0.25) is 0 Å². The Morgan fingerprint density at radius 2 is 2.39 bits per heavy atom. The number of hydrogen-bond acceptors (Lipinski definition) is 3. The van der Waals surface area contributed by atoms with Crippen molar-refractivity contribution in [1.29, 1.82) is 0 Å². The van der Waals surface area contributed by atoms with E-state index in [4.69, 9.17) is 4.74 Å². The fraction of sp³-hybridized carbons (Fsp3) is 0.357. The SMILES string of the molecule is c1cc(C[C@@H]2COCCN2)cc(-n2cccn2)c1. The van der Waals surface area contributed by atoms with E-state index in [2.05, 4.69) is 34.7 Å². The van der Waals surface area contributed by atoms with E-state index in [0.717, 1.165) is 31.9 Å². The maximum Gasteiger partial charge on any atom is 0.0648 e. The molecule has 4 heteroatoms. The Balaban J connectivity index is 1.74. The summed E-state index contributed by atoms with van der Waals surface area (Å²) in [5, 5.41) is 7.73. The van der Waals surface area contributed by atoms with Crippen molar-refractivity contribution >= 4 is 0 Å². The Hall–Kier alpha value is -1.65. The van der Waals surface area contributed by atoms with Crippen LogP contribution in [0.1, 0.15) is 5.56 Å². The lowest BCUT2D eigenvalue weighted by Crippen LogP contribution is -2.42. The fourth-order valence-corrected chi connectivity index (χ4v) is 2.28. The van der Waals surface area contributed by atoms with Crippen LogP contribution < -0.4 is 5.32 Å². The van der Waals surface area contributed by atoms with E-state index in [0.29, 0.717) is 6.04 Å². The average molecular weight is 243 g/mol. The van der Waals surface area contributed by atoms with Crippen LogP contribution in [0.15, 0.2) is 42.7 Å². The summed E-state index contributed by atoms with van der Waals surface area (Å²) in [6, 6.07) is 10.8. The van der Waals surface area contributed by atoms with E-state index in [-0.39, 0.29) is 0 Å². The van der Waals surface area contributed by atoms with Crippen molar-refractivity contribution in [3.63, 3.8) is 0 Å². The second kappa shape index (κ2) is 5.33. The van der Waals surface area contributed by atoms with E-state index >= 15 is 0 Å². The highest BCUT2D eigenvalue weighted by molar-refractivity contribution is 5.35. The van der Waals surface area contributed by atoms with Gasteiger partial charge in [0, 0.05) is 25.0 Å². The zero-order valence-corrected chi connectivity index (χ0v) is 10.2. The zero-order valence-electron chi connectivity index (χ0n) is 10.2. The Morgan fingerprint density at radius 1 is 1.39 bits per heavy atom. The van der Waals surface area contributed by atoms with E-state index < -0.39 is 0 Å². The molecule has 3 rings (SSSR count). The molecule has 0 spiro atoms. The van der Waals surface area contributed by atoms with Crippen molar-refractivity contribution in [1.82, 2.24) is 15.1 Å². The molecular formula is C14H17N3O. The number of benzene rings is 1. The standard InChI is InChI=1S/C14H17N3O/c1-3-12(9-13-11-18-8-6-15-13)10-14(4-1)17-7-2-5-16-17/h1-5,7,10,13,15H,6,8-9,11H2/t13-/m1/s1. The minimum absolute atomic E-state index is 0.423. The lowest BCUT2D eigenvalue weighted by atomic mass is 10.1. The van der Waals surface area contributed by atoms with E-state index in [1.54, 1.807) is 6.20 Å². The van der Waals surface area contributed by atoms with Crippen LogP contribution in [0, 0.1) is 0 Å². The summed E-state index contributed by atoms with van der Waals surface area (Å²) in [5.74, 6) is 0. The van der Waals surface area contributed by atoms with Gasteiger partial charge in [-0.2, -0.15) is 5.10 Å². The molecule has 1 N–H and O–H groups in total. The molecule has 0 bridgehead atoms. The van der Waals surface area contributed by atoms with Crippen LogP contribution in [-0.2, 0) is 11.2 Å². The van der Waals surface area contributed by atoms with Crippen LogP contribution in [0.5, 0.6) is 0 Å². The van der Waals surface area contributed by atoms with Gasteiger partial charge in [-0.15, -0.1) is 0 Å². The molecule has 0 amide bonds. The van der Waals surface area contributed by atoms with Gasteiger partial charge >= 0.3 is 0 Å². The highest BCUT2D eigenvalue weighted by Gasteiger charge is 2.13. The van der Waals surface area contributed by atoms with Crippen LogP contribution >= 0.6 is 0 Å². The summed E-state index contributed by atoms with van der Waals surface area (Å²) in [7, 11) is 0. The summed E-state index contributed by atoms with van der Waals surface area (Å²) in [4.78, 5) is 0. The zero-order chi connectivity index (χ0) is 12.2. The second-order valence-corrected chi connectivity index (χ2v) is 4.55. The topological polar surface area (TPSA) is 39.1 Å². The van der Waals surface area contributed by atoms with Crippen molar-refractivity contribution in [2.24, 2.45) is 0 Å². The van der Waals surface area contributed by atoms with Gasteiger partial charge in [-0.1, -0.05) is 12.1 Å². The highest BCUT2D eigenvalue weighted by atomic mass is 16.5. The van der Waals surface area contributed by atoms with Gasteiger partial charge in [0.1, 0.15) is 0 Å². The van der Waals surface area contributed by atoms with Gasteiger partial charge in [0.2, 0.25) is 0 Å². The Bertz CT molecular complexity index is 490. The summed E-state index contributed by atoms with van der Waals surface area (Å²) in [6.07, 6.45) is 4.75. The molecule has 2 heterocycles. The first-order valence-electron chi connectivity index (χ1n) is 6.32. The molecule has 1 atom stereocenters. The van der Waals surface area contributed by atoms with E-state index in [1.165, 1.54) is 5.56 Å². The molecule has 2 aromatic rings. The Kier molecular flexibility index (Phi) is 3.39. The molecule has 0 unspecified atom stereocenters. The number of nitrogens with zero attached hydrogens (tertiary/aromatic N) is 2. The van der Waals surface area contributed by atoms with Crippen LogP contribution in [0.4, 0.5) is 0 Å². The van der Waals surface area contributed by atoms with Gasteiger partial charge < -0.3 is 10.1 Å². The molecule has 0 saturated carbocycles. The summed E-state index contributed by atoms with van der Waals surface area (Å²) < 4.78 is 7.36. The van der Waals surface area contributed by atoms with Crippen LogP contribution in [0.3, 0.4) is 0 Å². The molecule has 1 fully saturated rings. The normalized spacial score (nSPS) is 19.9. The molecule has 1 aliphatic heterocycles. The lowest BCUT2D eigenvalue weighted by Gasteiger charge is -2.23. The van der Waals surface area contributed by atoms with Gasteiger partial charge in [0.15, 0.2) is 0 Å². The van der Waals surface area contributed by atoms with Crippen molar-refractivity contribution in [3.8, 4) is 5.69 Å². The van der Waals surface area contributed by atoms with Gasteiger partial charge in [0.25, 0.3) is 0 Å².